The Morgan fingerprint density at radius 2 is 2.21 bits per heavy atom. The van der Waals surface area contributed by atoms with Crippen molar-refractivity contribution in [3.05, 3.63) is 24.6 Å². The van der Waals surface area contributed by atoms with Gasteiger partial charge in [0.25, 0.3) is 0 Å². The Labute approximate surface area is 113 Å². The third kappa shape index (κ3) is 2.59. The Bertz CT molecular complexity index is 531. The molecule has 0 bridgehead atoms. The summed E-state index contributed by atoms with van der Waals surface area (Å²) >= 11 is 0. The van der Waals surface area contributed by atoms with Gasteiger partial charge in [-0.1, -0.05) is 0 Å². The summed E-state index contributed by atoms with van der Waals surface area (Å²) in [6.07, 6.45) is 6.11. The van der Waals surface area contributed by atoms with E-state index in [9.17, 15) is 0 Å². The molecule has 2 aromatic rings. The predicted molar refractivity (Wildman–Crippen MR) is 77.5 cm³/mol. The van der Waals surface area contributed by atoms with Crippen LogP contribution in [0, 0.1) is 5.92 Å². The second kappa shape index (κ2) is 5.61. The van der Waals surface area contributed by atoms with Gasteiger partial charge in [0.05, 0.1) is 11.6 Å². The lowest BCUT2D eigenvalue weighted by Gasteiger charge is -2.30. The molecule has 0 aromatic carbocycles. The number of aromatic nitrogens is 1. The number of pyridine rings is 1. The minimum atomic E-state index is 0.769. The van der Waals surface area contributed by atoms with Crippen LogP contribution in [0.4, 0.5) is 5.82 Å². The molecule has 102 valence electrons. The molecule has 0 saturated carbocycles. The van der Waals surface area contributed by atoms with Gasteiger partial charge in [0.1, 0.15) is 11.4 Å². The Kier molecular flexibility index (Phi) is 3.69. The van der Waals surface area contributed by atoms with Gasteiger partial charge in [-0.3, -0.25) is 0 Å². The second-order valence-corrected chi connectivity index (χ2v) is 5.20. The van der Waals surface area contributed by atoms with Gasteiger partial charge in [0.15, 0.2) is 0 Å². The zero-order valence-electron chi connectivity index (χ0n) is 11.4. The van der Waals surface area contributed by atoms with Crippen molar-refractivity contribution in [2.45, 2.75) is 19.8 Å². The van der Waals surface area contributed by atoms with Crippen LogP contribution < -0.4 is 10.2 Å². The normalized spacial score (nSPS) is 16.9. The first-order valence-corrected chi connectivity index (χ1v) is 7.16. The molecule has 1 aliphatic heterocycles. The van der Waals surface area contributed by atoms with E-state index in [2.05, 4.69) is 22.1 Å². The van der Waals surface area contributed by atoms with Crippen molar-refractivity contribution in [3.8, 4) is 0 Å². The van der Waals surface area contributed by atoms with E-state index in [0.29, 0.717) is 0 Å². The smallest absolute Gasteiger partial charge is 0.139 e. The van der Waals surface area contributed by atoms with Crippen molar-refractivity contribution in [1.29, 1.82) is 0 Å². The fourth-order valence-corrected chi connectivity index (χ4v) is 2.87. The molecule has 1 saturated heterocycles. The number of furan rings is 1. The minimum Gasteiger partial charge on any atom is -0.464 e. The van der Waals surface area contributed by atoms with Crippen LogP contribution >= 0.6 is 0 Å². The first-order chi connectivity index (χ1) is 9.38. The molecule has 0 unspecified atom stereocenters. The van der Waals surface area contributed by atoms with Crippen LogP contribution in [-0.2, 0) is 0 Å². The van der Waals surface area contributed by atoms with Gasteiger partial charge in [-0.05, 0) is 50.9 Å². The number of hydrogen-bond donors (Lipinski definition) is 1. The van der Waals surface area contributed by atoms with Gasteiger partial charge < -0.3 is 14.6 Å². The third-order valence-electron chi connectivity index (χ3n) is 3.98. The average Bonchev–Trinajstić information content (AvgIpc) is 2.94. The highest BCUT2D eigenvalue weighted by atomic mass is 16.3. The lowest BCUT2D eigenvalue weighted by molar-refractivity contribution is 0.374. The number of fused-ring (bicyclic) bond motifs is 1. The Morgan fingerprint density at radius 3 is 3.00 bits per heavy atom. The third-order valence-corrected chi connectivity index (χ3v) is 3.98. The Morgan fingerprint density at radius 1 is 1.37 bits per heavy atom. The van der Waals surface area contributed by atoms with E-state index >= 15 is 0 Å². The zero-order valence-corrected chi connectivity index (χ0v) is 11.4. The summed E-state index contributed by atoms with van der Waals surface area (Å²) in [6.45, 7) is 6.56. The summed E-state index contributed by atoms with van der Waals surface area (Å²) in [6, 6.07) is 3.94. The summed E-state index contributed by atoms with van der Waals surface area (Å²) in [5.74, 6) is 1.83. The molecule has 1 aliphatic rings. The van der Waals surface area contributed by atoms with E-state index in [0.717, 1.165) is 48.9 Å². The minimum absolute atomic E-state index is 0.769. The number of hydrogen-bond acceptors (Lipinski definition) is 4. The van der Waals surface area contributed by atoms with Crippen molar-refractivity contribution >= 4 is 16.8 Å². The number of nitrogens with one attached hydrogen (secondary N) is 1. The van der Waals surface area contributed by atoms with Crippen LogP contribution in [0.1, 0.15) is 19.8 Å². The topological polar surface area (TPSA) is 41.3 Å². The van der Waals surface area contributed by atoms with Gasteiger partial charge in [0, 0.05) is 19.3 Å². The molecule has 3 heterocycles. The molecule has 3 rings (SSSR count). The molecule has 1 N–H and O–H groups in total. The van der Waals surface area contributed by atoms with Gasteiger partial charge in [-0.15, -0.1) is 0 Å². The monoisotopic (exact) mass is 259 g/mol. The molecule has 4 nitrogen and oxygen atoms in total. The SMILES string of the molecule is CCN(CC1CCNCC1)c1nccc2occc12. The molecule has 0 amide bonds. The molecule has 2 aromatic heterocycles. The van der Waals surface area contributed by atoms with Crippen LogP contribution in [-0.4, -0.2) is 31.2 Å². The molecule has 4 heteroatoms. The molecule has 0 spiro atoms. The van der Waals surface area contributed by atoms with Gasteiger partial charge in [-0.2, -0.15) is 0 Å². The lowest BCUT2D eigenvalue weighted by Crippen LogP contribution is -2.36. The van der Waals surface area contributed by atoms with Crippen LogP contribution in [0.2, 0.25) is 0 Å². The highest BCUT2D eigenvalue weighted by molar-refractivity contribution is 5.88. The van der Waals surface area contributed by atoms with Gasteiger partial charge in [0.2, 0.25) is 0 Å². The maximum Gasteiger partial charge on any atom is 0.139 e. The van der Waals surface area contributed by atoms with E-state index in [1.165, 1.54) is 12.8 Å². The highest BCUT2D eigenvalue weighted by Crippen LogP contribution is 2.26. The quantitative estimate of drug-likeness (QED) is 0.916. The lowest BCUT2D eigenvalue weighted by atomic mass is 9.97. The fourth-order valence-electron chi connectivity index (χ4n) is 2.87. The maximum atomic E-state index is 5.47. The molecule has 0 radical (unpaired) electrons. The molecule has 1 fully saturated rings. The van der Waals surface area contributed by atoms with Crippen molar-refractivity contribution < 1.29 is 4.42 Å². The Hall–Kier alpha value is -1.55. The summed E-state index contributed by atoms with van der Waals surface area (Å²) in [4.78, 5) is 6.95. The van der Waals surface area contributed by atoms with Crippen LogP contribution in [0.15, 0.2) is 29.0 Å². The van der Waals surface area contributed by atoms with Crippen molar-refractivity contribution in [3.63, 3.8) is 0 Å². The predicted octanol–water partition coefficient (Wildman–Crippen LogP) is 2.65. The molecule has 19 heavy (non-hydrogen) atoms. The van der Waals surface area contributed by atoms with Gasteiger partial charge in [-0.25, -0.2) is 4.98 Å². The van der Waals surface area contributed by atoms with E-state index in [-0.39, 0.29) is 0 Å². The fraction of sp³-hybridized carbons (Fsp3) is 0.533. The molecule has 0 aliphatic carbocycles. The summed E-state index contributed by atoms with van der Waals surface area (Å²) in [5.41, 5.74) is 0.925. The van der Waals surface area contributed by atoms with Crippen molar-refractivity contribution in [1.82, 2.24) is 10.3 Å². The number of nitrogens with zero attached hydrogens (tertiary/aromatic N) is 2. The number of rotatable bonds is 4. The van der Waals surface area contributed by atoms with E-state index in [4.69, 9.17) is 4.42 Å². The Balaban J connectivity index is 1.82. The van der Waals surface area contributed by atoms with E-state index in [1.807, 2.05) is 18.3 Å². The molecule has 0 atom stereocenters. The van der Waals surface area contributed by atoms with Gasteiger partial charge >= 0.3 is 0 Å². The van der Waals surface area contributed by atoms with Crippen LogP contribution in [0.3, 0.4) is 0 Å². The summed E-state index contributed by atoms with van der Waals surface area (Å²) in [5, 5.41) is 4.55. The standard InChI is InChI=1S/C15H21N3O/c1-2-18(11-12-3-7-16-8-4-12)15-13-6-10-19-14(13)5-9-17-15/h5-6,9-10,12,16H,2-4,7-8,11H2,1H3. The van der Waals surface area contributed by atoms with Crippen molar-refractivity contribution in [2.24, 2.45) is 5.92 Å². The van der Waals surface area contributed by atoms with E-state index < -0.39 is 0 Å². The van der Waals surface area contributed by atoms with Crippen LogP contribution in [0.25, 0.3) is 11.0 Å². The second-order valence-electron chi connectivity index (χ2n) is 5.20. The zero-order chi connectivity index (χ0) is 13.1. The summed E-state index contributed by atoms with van der Waals surface area (Å²) in [7, 11) is 0. The maximum absolute atomic E-state index is 5.47. The molecular formula is C15H21N3O. The van der Waals surface area contributed by atoms with E-state index in [1.54, 1.807) is 6.26 Å². The summed E-state index contributed by atoms with van der Waals surface area (Å²) < 4.78 is 5.47. The highest BCUT2D eigenvalue weighted by Gasteiger charge is 2.18. The number of piperidine rings is 1. The first-order valence-electron chi connectivity index (χ1n) is 7.16. The van der Waals surface area contributed by atoms with Crippen LogP contribution in [0.5, 0.6) is 0 Å². The first kappa shape index (κ1) is 12.5. The van der Waals surface area contributed by atoms with Crippen molar-refractivity contribution in [2.75, 3.05) is 31.1 Å². The largest absolute Gasteiger partial charge is 0.464 e. The number of anilines is 1. The molecular weight excluding hydrogens is 238 g/mol. The average molecular weight is 259 g/mol.